The predicted molar refractivity (Wildman–Crippen MR) is 118 cm³/mol. The van der Waals surface area contributed by atoms with Gasteiger partial charge < -0.3 is 10.3 Å². The van der Waals surface area contributed by atoms with Crippen LogP contribution in [0.3, 0.4) is 0 Å². The minimum atomic E-state index is -0.266. The van der Waals surface area contributed by atoms with E-state index in [0.29, 0.717) is 5.95 Å². The van der Waals surface area contributed by atoms with Crippen LogP contribution in [0.4, 0.5) is 10.3 Å². The van der Waals surface area contributed by atoms with Crippen molar-refractivity contribution in [1.82, 2.24) is 19.6 Å². The zero-order valence-electron chi connectivity index (χ0n) is 18.3. The first-order valence-corrected chi connectivity index (χ1v) is 10.4. The van der Waals surface area contributed by atoms with Gasteiger partial charge in [-0.3, -0.25) is 0 Å². The van der Waals surface area contributed by atoms with Crippen LogP contribution in [-0.2, 0) is 0 Å². The zero-order chi connectivity index (χ0) is 21.5. The van der Waals surface area contributed by atoms with Crippen LogP contribution < -0.4 is 10.3 Å². The smallest absolute Gasteiger partial charge is 0.222 e. The monoisotopic (exact) mass is 408 g/mol. The fourth-order valence-electron chi connectivity index (χ4n) is 4.73. The van der Waals surface area contributed by atoms with Crippen molar-refractivity contribution in [2.45, 2.75) is 58.0 Å². The maximum absolute atomic E-state index is 13.6. The van der Waals surface area contributed by atoms with Crippen molar-refractivity contribution < 1.29 is 4.39 Å². The normalized spacial score (nSPS) is 17.7. The molecule has 2 aromatic heterocycles. The molecule has 0 aliphatic carbocycles. The van der Waals surface area contributed by atoms with Crippen molar-refractivity contribution >= 4 is 5.95 Å². The van der Waals surface area contributed by atoms with E-state index in [0.717, 1.165) is 35.5 Å². The van der Waals surface area contributed by atoms with Crippen LogP contribution in [0.1, 0.15) is 47.0 Å². The molecular formula is C23H29FN6. The van der Waals surface area contributed by atoms with Gasteiger partial charge in [0.05, 0.1) is 22.5 Å². The van der Waals surface area contributed by atoms with E-state index in [1.807, 2.05) is 12.4 Å². The van der Waals surface area contributed by atoms with Gasteiger partial charge in [-0.1, -0.05) is 0 Å². The summed E-state index contributed by atoms with van der Waals surface area (Å²) in [4.78, 5) is 13.7. The van der Waals surface area contributed by atoms with E-state index in [-0.39, 0.29) is 16.9 Å². The number of hydrogen-bond acceptors (Lipinski definition) is 5. The van der Waals surface area contributed by atoms with Crippen LogP contribution in [0, 0.1) is 5.82 Å². The highest BCUT2D eigenvalue weighted by molar-refractivity contribution is 5.77. The summed E-state index contributed by atoms with van der Waals surface area (Å²) in [5.74, 6) is 0.278. The number of aromatic nitrogens is 4. The summed E-state index contributed by atoms with van der Waals surface area (Å²) in [6, 6.07) is 8.35. The highest BCUT2D eigenvalue weighted by atomic mass is 19.1. The van der Waals surface area contributed by atoms with Gasteiger partial charge in [0.2, 0.25) is 5.95 Å². The molecule has 1 saturated heterocycles. The van der Waals surface area contributed by atoms with Gasteiger partial charge >= 0.3 is 0 Å². The predicted octanol–water partition coefficient (Wildman–Crippen LogP) is 4.87. The molecule has 4 rings (SSSR count). The standard InChI is InChI=1S/C23H29FN6/c1-22(2)12-6-13-23(3,4)30(22)29-15-27-19(16-7-9-17(24)10-8-16)20(29)18-11-14-26-21(25-5)28-18/h7-11,14-15H,6,12-13H2,1-5H3,(H,25,26,28). The Morgan fingerprint density at radius 2 is 1.63 bits per heavy atom. The SMILES string of the molecule is CNc1nccc(-c2c(-c3ccc(F)cc3)ncn2N2C(C)(C)CCCC2(C)C)n1. The Balaban J connectivity index is 1.96. The summed E-state index contributed by atoms with van der Waals surface area (Å²) >= 11 is 0. The third kappa shape index (κ3) is 3.53. The van der Waals surface area contributed by atoms with Crippen molar-refractivity contribution in [3.8, 4) is 22.6 Å². The highest BCUT2D eigenvalue weighted by Crippen LogP contribution is 2.40. The number of nitrogens with one attached hydrogen (secondary N) is 1. The molecular weight excluding hydrogens is 379 g/mol. The van der Waals surface area contributed by atoms with Gasteiger partial charge in [-0.05, 0) is 77.3 Å². The van der Waals surface area contributed by atoms with Gasteiger partial charge in [-0.25, -0.2) is 24.0 Å². The molecule has 6 nitrogen and oxygen atoms in total. The Morgan fingerprint density at radius 3 is 2.27 bits per heavy atom. The molecule has 158 valence electrons. The number of benzene rings is 1. The average Bonchev–Trinajstić information content (AvgIpc) is 3.11. The van der Waals surface area contributed by atoms with E-state index in [9.17, 15) is 4.39 Å². The molecule has 0 saturated carbocycles. The molecule has 1 N–H and O–H groups in total. The Kier molecular flexibility index (Phi) is 5.00. The molecule has 1 aromatic carbocycles. The molecule has 7 heteroatoms. The molecule has 0 bridgehead atoms. The summed E-state index contributed by atoms with van der Waals surface area (Å²) < 4.78 is 15.7. The molecule has 1 fully saturated rings. The molecule has 0 unspecified atom stereocenters. The third-order valence-corrected chi connectivity index (χ3v) is 5.93. The van der Waals surface area contributed by atoms with E-state index in [4.69, 9.17) is 9.97 Å². The average molecular weight is 409 g/mol. The van der Waals surface area contributed by atoms with E-state index in [1.54, 1.807) is 25.4 Å². The Morgan fingerprint density at radius 1 is 0.967 bits per heavy atom. The van der Waals surface area contributed by atoms with Crippen LogP contribution in [0.5, 0.6) is 0 Å². The lowest BCUT2D eigenvalue weighted by molar-refractivity contribution is 0.186. The van der Waals surface area contributed by atoms with Gasteiger partial charge in [0, 0.05) is 18.8 Å². The Labute approximate surface area is 177 Å². The van der Waals surface area contributed by atoms with E-state index in [1.165, 1.54) is 18.6 Å². The summed E-state index contributed by atoms with van der Waals surface area (Å²) in [5, 5.41) is 5.43. The Bertz CT molecular complexity index is 1020. The zero-order valence-corrected chi connectivity index (χ0v) is 18.3. The molecule has 0 amide bonds. The topological polar surface area (TPSA) is 58.9 Å². The summed E-state index contributed by atoms with van der Waals surface area (Å²) in [6.07, 6.45) is 6.97. The number of imidazole rings is 1. The van der Waals surface area contributed by atoms with Crippen LogP contribution in [-0.4, -0.2) is 37.8 Å². The van der Waals surface area contributed by atoms with Crippen LogP contribution in [0.2, 0.25) is 0 Å². The van der Waals surface area contributed by atoms with Crippen molar-refractivity contribution in [3.63, 3.8) is 0 Å². The lowest BCUT2D eigenvalue weighted by Gasteiger charge is -2.54. The maximum atomic E-state index is 13.6. The van der Waals surface area contributed by atoms with E-state index < -0.39 is 0 Å². The number of nitrogens with zero attached hydrogens (tertiary/aromatic N) is 5. The highest BCUT2D eigenvalue weighted by Gasteiger charge is 2.43. The molecule has 1 aliphatic heterocycles. The van der Waals surface area contributed by atoms with Crippen LogP contribution in [0.15, 0.2) is 42.9 Å². The van der Waals surface area contributed by atoms with Crippen LogP contribution in [0.25, 0.3) is 22.6 Å². The fourth-order valence-corrected chi connectivity index (χ4v) is 4.73. The van der Waals surface area contributed by atoms with Gasteiger partial charge in [-0.15, -0.1) is 0 Å². The molecule has 0 spiro atoms. The van der Waals surface area contributed by atoms with Crippen molar-refractivity contribution in [2.24, 2.45) is 0 Å². The first-order chi connectivity index (χ1) is 14.2. The molecule has 0 radical (unpaired) electrons. The quantitative estimate of drug-likeness (QED) is 0.668. The summed E-state index contributed by atoms with van der Waals surface area (Å²) in [7, 11) is 1.80. The molecule has 1 aliphatic rings. The van der Waals surface area contributed by atoms with Gasteiger partial charge in [0.25, 0.3) is 0 Å². The molecule has 30 heavy (non-hydrogen) atoms. The van der Waals surface area contributed by atoms with Crippen molar-refractivity contribution in [2.75, 3.05) is 17.4 Å². The van der Waals surface area contributed by atoms with Gasteiger partial charge in [0.15, 0.2) is 0 Å². The number of anilines is 1. The second-order valence-electron chi connectivity index (χ2n) is 9.10. The number of piperidine rings is 1. The minimum Gasteiger partial charge on any atom is -0.357 e. The molecule has 3 aromatic rings. The Hall–Kier alpha value is -2.96. The van der Waals surface area contributed by atoms with Crippen molar-refractivity contribution in [3.05, 3.63) is 48.7 Å². The first-order valence-electron chi connectivity index (χ1n) is 10.4. The van der Waals surface area contributed by atoms with Crippen LogP contribution >= 0.6 is 0 Å². The number of halogens is 1. The second-order valence-corrected chi connectivity index (χ2v) is 9.10. The van der Waals surface area contributed by atoms with Gasteiger partial charge in [-0.2, -0.15) is 0 Å². The lowest BCUT2D eigenvalue weighted by atomic mass is 9.81. The van der Waals surface area contributed by atoms with Gasteiger partial charge in [0.1, 0.15) is 17.8 Å². The first kappa shape index (κ1) is 20.3. The number of hydrogen-bond donors (Lipinski definition) is 1. The molecule has 0 atom stereocenters. The second kappa shape index (κ2) is 7.38. The fraction of sp³-hybridized carbons (Fsp3) is 0.435. The summed E-state index contributed by atoms with van der Waals surface area (Å²) in [6.45, 7) is 9.09. The van der Waals surface area contributed by atoms with Crippen molar-refractivity contribution in [1.29, 1.82) is 0 Å². The van der Waals surface area contributed by atoms with E-state index >= 15 is 0 Å². The molecule has 3 heterocycles. The lowest BCUT2D eigenvalue weighted by Crippen LogP contribution is -2.64. The number of rotatable bonds is 4. The maximum Gasteiger partial charge on any atom is 0.222 e. The summed E-state index contributed by atoms with van der Waals surface area (Å²) in [5.41, 5.74) is 3.15. The third-order valence-electron chi connectivity index (χ3n) is 5.93. The largest absolute Gasteiger partial charge is 0.357 e. The minimum absolute atomic E-state index is 0.0594. The van der Waals surface area contributed by atoms with E-state index in [2.05, 4.69) is 47.7 Å².